The zero-order chi connectivity index (χ0) is 19.9. The summed E-state index contributed by atoms with van der Waals surface area (Å²) < 4.78 is 31.5. The van der Waals surface area contributed by atoms with Crippen molar-refractivity contribution in [2.45, 2.75) is 13.0 Å². The first-order valence-electron chi connectivity index (χ1n) is 9.04. The first-order valence-corrected chi connectivity index (χ1v) is 9.41. The molecule has 2 aromatic rings. The van der Waals surface area contributed by atoms with Gasteiger partial charge in [-0.05, 0) is 17.7 Å². The van der Waals surface area contributed by atoms with Crippen LogP contribution in [0.5, 0.6) is 0 Å². The van der Waals surface area contributed by atoms with Crippen molar-refractivity contribution in [1.82, 2.24) is 4.90 Å². The highest BCUT2D eigenvalue weighted by molar-refractivity contribution is 6.34. The fourth-order valence-corrected chi connectivity index (χ4v) is 3.40. The second kappa shape index (κ2) is 9.71. The summed E-state index contributed by atoms with van der Waals surface area (Å²) in [6, 6.07) is 13.6. The number of nitrogens with one attached hydrogen (secondary N) is 1. The number of para-hydroxylation sites is 1. The predicted octanol–water partition coefficient (Wildman–Crippen LogP) is 4.48. The molecule has 0 spiro atoms. The van der Waals surface area contributed by atoms with Crippen molar-refractivity contribution in [3.63, 3.8) is 0 Å². The second-order valence-electron chi connectivity index (χ2n) is 6.42. The fraction of sp³-hybridized carbons (Fsp3) is 0.350. The van der Waals surface area contributed by atoms with E-state index < -0.39 is 19.0 Å². The summed E-state index contributed by atoms with van der Waals surface area (Å²) in [5.74, 6) is 0. The van der Waals surface area contributed by atoms with E-state index in [4.69, 9.17) is 16.3 Å². The third-order valence-electron chi connectivity index (χ3n) is 4.42. The number of alkyl halides is 2. The molecule has 1 saturated heterocycles. The van der Waals surface area contributed by atoms with Crippen LogP contribution in [0.25, 0.3) is 0 Å². The summed E-state index contributed by atoms with van der Waals surface area (Å²) in [6.45, 7) is 1.82. The molecule has 1 fully saturated rings. The van der Waals surface area contributed by atoms with Crippen molar-refractivity contribution in [2.75, 3.05) is 43.1 Å². The minimum Gasteiger partial charge on any atom is -0.378 e. The van der Waals surface area contributed by atoms with Gasteiger partial charge in [0.2, 0.25) is 0 Å². The maximum Gasteiger partial charge on any atom is 0.322 e. The van der Waals surface area contributed by atoms with Crippen LogP contribution in [0.15, 0.2) is 48.5 Å². The molecule has 1 aliphatic heterocycles. The summed E-state index contributed by atoms with van der Waals surface area (Å²) >= 11 is 6.37. The third-order valence-corrected chi connectivity index (χ3v) is 4.72. The summed E-state index contributed by atoms with van der Waals surface area (Å²) in [5.41, 5.74) is 1.95. The molecule has 0 saturated carbocycles. The summed E-state index contributed by atoms with van der Waals surface area (Å²) in [7, 11) is 0. The number of hydrogen-bond donors (Lipinski definition) is 1. The van der Waals surface area contributed by atoms with Crippen LogP contribution in [-0.4, -0.2) is 50.2 Å². The molecule has 8 heteroatoms. The van der Waals surface area contributed by atoms with Crippen LogP contribution >= 0.6 is 11.6 Å². The van der Waals surface area contributed by atoms with Gasteiger partial charge in [0, 0.05) is 19.6 Å². The van der Waals surface area contributed by atoms with Crippen LogP contribution in [0.3, 0.4) is 0 Å². The molecule has 1 aliphatic rings. The van der Waals surface area contributed by atoms with Gasteiger partial charge in [0.25, 0.3) is 6.43 Å². The van der Waals surface area contributed by atoms with Gasteiger partial charge in [-0.1, -0.05) is 48.0 Å². The first kappa shape index (κ1) is 20.4. The Morgan fingerprint density at radius 3 is 2.54 bits per heavy atom. The van der Waals surface area contributed by atoms with E-state index in [1.165, 1.54) is 0 Å². The number of nitrogens with zero attached hydrogens (tertiary/aromatic N) is 2. The van der Waals surface area contributed by atoms with Crippen molar-refractivity contribution >= 4 is 29.0 Å². The minimum absolute atomic E-state index is 0.0878. The Morgan fingerprint density at radius 1 is 1.14 bits per heavy atom. The van der Waals surface area contributed by atoms with Crippen molar-refractivity contribution < 1.29 is 18.3 Å². The maximum absolute atomic E-state index is 13.1. The molecule has 1 N–H and O–H groups in total. The summed E-state index contributed by atoms with van der Waals surface area (Å²) in [5, 5.41) is 3.25. The molecule has 2 aromatic carbocycles. The van der Waals surface area contributed by atoms with Crippen molar-refractivity contribution in [2.24, 2.45) is 0 Å². The van der Waals surface area contributed by atoms with E-state index in [0.29, 0.717) is 42.7 Å². The van der Waals surface area contributed by atoms with Crippen LogP contribution in [0.4, 0.5) is 25.0 Å². The lowest BCUT2D eigenvalue weighted by atomic mass is 10.2. The molecule has 0 bridgehead atoms. The molecule has 5 nitrogen and oxygen atoms in total. The minimum atomic E-state index is -2.63. The van der Waals surface area contributed by atoms with E-state index in [1.807, 2.05) is 11.0 Å². The normalized spacial score (nSPS) is 14.2. The van der Waals surface area contributed by atoms with Crippen molar-refractivity contribution in [1.29, 1.82) is 0 Å². The van der Waals surface area contributed by atoms with Gasteiger partial charge in [0.15, 0.2) is 0 Å². The van der Waals surface area contributed by atoms with Crippen molar-refractivity contribution in [3.05, 3.63) is 59.1 Å². The number of halogens is 3. The quantitative estimate of drug-likeness (QED) is 0.765. The number of carbonyl (C=O) groups excluding carboxylic acids is 1. The maximum atomic E-state index is 13.1. The molecule has 150 valence electrons. The molecular weight excluding hydrogens is 388 g/mol. The monoisotopic (exact) mass is 409 g/mol. The summed E-state index contributed by atoms with van der Waals surface area (Å²) in [6.07, 6.45) is -2.63. The average Bonchev–Trinajstić information content (AvgIpc) is 2.69. The lowest BCUT2D eigenvalue weighted by Gasteiger charge is -2.32. The average molecular weight is 410 g/mol. The Bertz CT molecular complexity index is 786. The molecule has 3 rings (SSSR count). The molecule has 0 aliphatic carbocycles. The van der Waals surface area contributed by atoms with Crippen LogP contribution in [0.1, 0.15) is 5.56 Å². The predicted molar refractivity (Wildman–Crippen MR) is 106 cm³/mol. The number of morpholine rings is 1. The van der Waals surface area contributed by atoms with Gasteiger partial charge in [0.1, 0.15) is 0 Å². The van der Waals surface area contributed by atoms with Gasteiger partial charge in [-0.2, -0.15) is 0 Å². The molecule has 0 unspecified atom stereocenters. The Hall–Kier alpha value is -2.38. The molecule has 0 atom stereocenters. The van der Waals surface area contributed by atoms with Gasteiger partial charge in [-0.3, -0.25) is 0 Å². The van der Waals surface area contributed by atoms with Crippen LogP contribution in [-0.2, 0) is 11.3 Å². The topological polar surface area (TPSA) is 44.8 Å². The largest absolute Gasteiger partial charge is 0.378 e. The molecular formula is C20H22ClF2N3O2. The highest BCUT2D eigenvalue weighted by Gasteiger charge is 2.23. The van der Waals surface area contributed by atoms with Crippen molar-refractivity contribution in [3.8, 4) is 0 Å². The summed E-state index contributed by atoms with van der Waals surface area (Å²) in [4.78, 5) is 15.9. The Labute approximate surface area is 167 Å². The number of benzene rings is 2. The van der Waals surface area contributed by atoms with E-state index in [2.05, 4.69) is 5.32 Å². The molecule has 0 radical (unpaired) electrons. The molecule has 1 heterocycles. The van der Waals surface area contributed by atoms with E-state index in [1.54, 1.807) is 42.5 Å². The number of anilines is 2. The van der Waals surface area contributed by atoms with Crippen LogP contribution in [0.2, 0.25) is 5.02 Å². The number of hydrogen-bond acceptors (Lipinski definition) is 3. The number of ether oxygens (including phenoxy) is 1. The van der Waals surface area contributed by atoms with Gasteiger partial charge in [-0.15, -0.1) is 0 Å². The fourth-order valence-electron chi connectivity index (χ4n) is 3.11. The van der Waals surface area contributed by atoms with E-state index in [0.717, 1.165) is 10.5 Å². The highest BCUT2D eigenvalue weighted by atomic mass is 35.5. The van der Waals surface area contributed by atoms with Gasteiger partial charge in [0.05, 0.1) is 36.2 Å². The van der Waals surface area contributed by atoms with E-state index >= 15 is 0 Å². The lowest BCUT2D eigenvalue weighted by molar-refractivity contribution is 0.0997. The van der Waals surface area contributed by atoms with E-state index in [9.17, 15) is 13.6 Å². The van der Waals surface area contributed by atoms with E-state index in [-0.39, 0.29) is 6.54 Å². The number of urea groups is 1. The van der Waals surface area contributed by atoms with Gasteiger partial charge in [-0.25, -0.2) is 13.6 Å². The Morgan fingerprint density at radius 2 is 1.86 bits per heavy atom. The molecule has 0 aromatic heterocycles. The lowest BCUT2D eigenvalue weighted by Crippen LogP contribution is -2.39. The van der Waals surface area contributed by atoms with Gasteiger partial charge >= 0.3 is 6.03 Å². The second-order valence-corrected chi connectivity index (χ2v) is 6.83. The van der Waals surface area contributed by atoms with Crippen LogP contribution in [0, 0.1) is 0 Å². The number of amides is 2. The first-order chi connectivity index (χ1) is 13.5. The highest BCUT2D eigenvalue weighted by Crippen LogP contribution is 2.34. The van der Waals surface area contributed by atoms with Crippen LogP contribution < -0.4 is 10.2 Å². The Balaban J connectivity index is 1.80. The smallest absolute Gasteiger partial charge is 0.322 e. The zero-order valence-electron chi connectivity index (χ0n) is 15.3. The number of carbonyl (C=O) groups is 1. The molecule has 28 heavy (non-hydrogen) atoms. The SMILES string of the molecule is O=C(Nc1cccc(Cl)c1N1CCOCC1)N(Cc1ccccc1)CC(F)F. The van der Waals surface area contributed by atoms with Gasteiger partial charge < -0.3 is 19.9 Å². The molecule has 2 amide bonds. The third kappa shape index (κ3) is 5.33. The standard InChI is InChI=1S/C20H22ClF2N3O2/c21-16-7-4-8-17(19(16)25-9-11-28-12-10-25)24-20(27)26(14-18(22)23)13-15-5-2-1-3-6-15/h1-8,18H,9-14H2,(H,24,27). The zero-order valence-corrected chi connectivity index (χ0v) is 16.0. The Kier molecular flexibility index (Phi) is 7.06. The number of rotatable bonds is 6.